The Bertz CT molecular complexity index is 952. The highest BCUT2D eigenvalue weighted by molar-refractivity contribution is 7.89. The molecule has 0 radical (unpaired) electrons. The van der Waals surface area contributed by atoms with E-state index in [4.69, 9.17) is 4.74 Å². The van der Waals surface area contributed by atoms with Crippen LogP contribution in [-0.2, 0) is 10.0 Å². The number of benzene rings is 1. The van der Waals surface area contributed by atoms with Crippen molar-refractivity contribution in [2.24, 2.45) is 0 Å². The van der Waals surface area contributed by atoms with Crippen molar-refractivity contribution in [2.45, 2.75) is 32.6 Å². The van der Waals surface area contributed by atoms with E-state index in [-0.39, 0.29) is 0 Å². The summed E-state index contributed by atoms with van der Waals surface area (Å²) in [6.45, 7) is 9.58. The predicted molar refractivity (Wildman–Crippen MR) is 105 cm³/mol. The molecule has 1 aliphatic rings. The normalized spacial score (nSPS) is 15.8. The SMILES string of the molecule is COc1cc(N2CCN(S(=O)(=O)c3cc(C)c(C)cc3C)CC2)nc(C)n1. The molecule has 1 aromatic heterocycles. The Labute approximate surface area is 161 Å². The first-order valence-electron chi connectivity index (χ1n) is 8.95. The zero-order valence-electron chi connectivity index (χ0n) is 16.5. The van der Waals surface area contributed by atoms with E-state index < -0.39 is 10.0 Å². The molecule has 27 heavy (non-hydrogen) atoms. The third-order valence-corrected chi connectivity index (χ3v) is 7.02. The van der Waals surface area contributed by atoms with E-state index in [1.807, 2.05) is 33.8 Å². The van der Waals surface area contributed by atoms with E-state index in [9.17, 15) is 8.42 Å². The van der Waals surface area contributed by atoms with Crippen molar-refractivity contribution in [3.63, 3.8) is 0 Å². The van der Waals surface area contributed by atoms with E-state index in [2.05, 4.69) is 14.9 Å². The molecule has 3 rings (SSSR count). The van der Waals surface area contributed by atoms with Crippen LogP contribution in [0.25, 0.3) is 0 Å². The largest absolute Gasteiger partial charge is 0.481 e. The Balaban J connectivity index is 1.79. The van der Waals surface area contributed by atoms with Gasteiger partial charge in [0.15, 0.2) is 0 Å². The number of hydrogen-bond donors (Lipinski definition) is 0. The third kappa shape index (κ3) is 3.91. The molecular weight excluding hydrogens is 364 g/mol. The molecule has 0 unspecified atom stereocenters. The van der Waals surface area contributed by atoms with Gasteiger partial charge in [-0.25, -0.2) is 13.4 Å². The number of ether oxygens (including phenoxy) is 1. The lowest BCUT2D eigenvalue weighted by atomic mass is 10.1. The molecule has 0 spiro atoms. The van der Waals surface area contributed by atoms with Crippen molar-refractivity contribution in [3.05, 3.63) is 40.7 Å². The van der Waals surface area contributed by atoms with Crippen molar-refractivity contribution in [1.29, 1.82) is 0 Å². The lowest BCUT2D eigenvalue weighted by molar-refractivity contribution is 0.380. The van der Waals surface area contributed by atoms with Gasteiger partial charge in [0, 0.05) is 32.2 Å². The fraction of sp³-hybridized carbons (Fsp3) is 0.474. The van der Waals surface area contributed by atoms with Gasteiger partial charge in [0.05, 0.1) is 12.0 Å². The molecular formula is C19H26N4O3S. The summed E-state index contributed by atoms with van der Waals surface area (Å²) in [5.41, 5.74) is 2.88. The number of piperazine rings is 1. The summed E-state index contributed by atoms with van der Waals surface area (Å²) in [5, 5.41) is 0. The van der Waals surface area contributed by atoms with Gasteiger partial charge in [0.25, 0.3) is 0 Å². The van der Waals surface area contributed by atoms with Crippen LogP contribution in [0.2, 0.25) is 0 Å². The fourth-order valence-electron chi connectivity index (χ4n) is 3.30. The van der Waals surface area contributed by atoms with Crippen LogP contribution in [0.3, 0.4) is 0 Å². The highest BCUT2D eigenvalue weighted by Gasteiger charge is 2.30. The molecule has 0 N–H and O–H groups in total. The standard InChI is InChI=1S/C19H26N4O3S/c1-13-10-15(3)17(11-14(13)2)27(24,25)23-8-6-22(7-9-23)18-12-19(26-5)21-16(4)20-18/h10-12H,6-9H2,1-5H3. The second-order valence-electron chi connectivity index (χ2n) is 6.91. The number of hydrogen-bond acceptors (Lipinski definition) is 6. The first kappa shape index (κ1) is 19.6. The van der Waals surface area contributed by atoms with Gasteiger partial charge in [0.2, 0.25) is 15.9 Å². The van der Waals surface area contributed by atoms with E-state index in [1.54, 1.807) is 23.5 Å². The molecule has 1 fully saturated rings. The molecule has 146 valence electrons. The van der Waals surface area contributed by atoms with Crippen molar-refractivity contribution in [1.82, 2.24) is 14.3 Å². The van der Waals surface area contributed by atoms with Crippen LogP contribution >= 0.6 is 0 Å². The maximum absolute atomic E-state index is 13.1. The Morgan fingerprint density at radius 3 is 2.15 bits per heavy atom. The maximum atomic E-state index is 13.1. The first-order chi connectivity index (χ1) is 12.7. The van der Waals surface area contributed by atoms with Crippen LogP contribution in [0, 0.1) is 27.7 Å². The number of methoxy groups -OCH3 is 1. The van der Waals surface area contributed by atoms with Crippen molar-refractivity contribution < 1.29 is 13.2 Å². The molecule has 0 bridgehead atoms. The van der Waals surface area contributed by atoms with Crippen LogP contribution in [-0.4, -0.2) is 56.0 Å². The Kier molecular flexibility index (Phi) is 5.39. The maximum Gasteiger partial charge on any atom is 0.243 e. The van der Waals surface area contributed by atoms with Crippen LogP contribution in [0.1, 0.15) is 22.5 Å². The molecule has 2 heterocycles. The highest BCUT2D eigenvalue weighted by atomic mass is 32.2. The second kappa shape index (κ2) is 7.44. The van der Waals surface area contributed by atoms with Crippen molar-refractivity contribution in [3.8, 4) is 5.88 Å². The molecule has 8 heteroatoms. The van der Waals surface area contributed by atoms with Crippen molar-refractivity contribution >= 4 is 15.8 Å². The quantitative estimate of drug-likeness (QED) is 0.797. The Hall–Kier alpha value is -2.19. The number of rotatable bonds is 4. The molecule has 0 amide bonds. The van der Waals surface area contributed by atoms with Gasteiger partial charge in [-0.05, 0) is 50.5 Å². The minimum atomic E-state index is -3.51. The molecule has 0 aliphatic carbocycles. The van der Waals surface area contributed by atoms with Gasteiger partial charge in [-0.3, -0.25) is 0 Å². The van der Waals surface area contributed by atoms with Gasteiger partial charge >= 0.3 is 0 Å². The van der Waals surface area contributed by atoms with Gasteiger partial charge in [-0.15, -0.1) is 0 Å². The summed E-state index contributed by atoms with van der Waals surface area (Å²) in [6.07, 6.45) is 0. The molecule has 1 aromatic carbocycles. The summed E-state index contributed by atoms with van der Waals surface area (Å²) >= 11 is 0. The van der Waals surface area contributed by atoms with Crippen LogP contribution in [0.5, 0.6) is 5.88 Å². The molecule has 7 nitrogen and oxygen atoms in total. The first-order valence-corrected chi connectivity index (χ1v) is 10.4. The number of anilines is 1. The Morgan fingerprint density at radius 1 is 0.889 bits per heavy atom. The number of sulfonamides is 1. The third-order valence-electron chi connectivity index (χ3n) is 4.98. The number of nitrogens with zero attached hydrogens (tertiary/aromatic N) is 4. The van der Waals surface area contributed by atoms with Crippen LogP contribution in [0.15, 0.2) is 23.1 Å². The van der Waals surface area contributed by atoms with Crippen LogP contribution < -0.4 is 9.64 Å². The number of aromatic nitrogens is 2. The van der Waals surface area contributed by atoms with Gasteiger partial charge in [0.1, 0.15) is 11.6 Å². The van der Waals surface area contributed by atoms with Gasteiger partial charge in [-0.2, -0.15) is 9.29 Å². The van der Waals surface area contributed by atoms with E-state index in [0.29, 0.717) is 42.8 Å². The summed E-state index contributed by atoms with van der Waals surface area (Å²) in [6, 6.07) is 5.50. The summed E-state index contributed by atoms with van der Waals surface area (Å²) < 4.78 is 33.0. The average Bonchev–Trinajstić information content (AvgIpc) is 2.64. The summed E-state index contributed by atoms with van der Waals surface area (Å²) in [4.78, 5) is 11.1. The zero-order chi connectivity index (χ0) is 19.8. The molecule has 0 saturated carbocycles. The monoisotopic (exact) mass is 390 g/mol. The van der Waals surface area contributed by atoms with E-state index in [1.165, 1.54) is 0 Å². The van der Waals surface area contributed by atoms with Crippen molar-refractivity contribution in [2.75, 3.05) is 38.2 Å². The summed E-state index contributed by atoms with van der Waals surface area (Å²) in [7, 11) is -1.94. The average molecular weight is 391 g/mol. The van der Waals surface area contributed by atoms with Crippen LogP contribution in [0.4, 0.5) is 5.82 Å². The second-order valence-corrected chi connectivity index (χ2v) is 8.82. The molecule has 1 saturated heterocycles. The van der Waals surface area contributed by atoms with Gasteiger partial charge < -0.3 is 9.64 Å². The lowest BCUT2D eigenvalue weighted by Crippen LogP contribution is -2.49. The van der Waals surface area contributed by atoms with Gasteiger partial charge in [-0.1, -0.05) is 6.07 Å². The smallest absolute Gasteiger partial charge is 0.243 e. The zero-order valence-corrected chi connectivity index (χ0v) is 17.3. The lowest BCUT2D eigenvalue weighted by Gasteiger charge is -2.35. The Morgan fingerprint density at radius 2 is 1.52 bits per heavy atom. The minimum absolute atomic E-state index is 0.401. The van der Waals surface area contributed by atoms with E-state index in [0.717, 1.165) is 22.5 Å². The summed E-state index contributed by atoms with van der Waals surface area (Å²) in [5.74, 6) is 1.90. The highest BCUT2D eigenvalue weighted by Crippen LogP contribution is 2.26. The molecule has 1 aliphatic heterocycles. The topological polar surface area (TPSA) is 75.6 Å². The van der Waals surface area contributed by atoms with E-state index >= 15 is 0 Å². The minimum Gasteiger partial charge on any atom is -0.481 e. The molecule has 0 atom stereocenters. The predicted octanol–water partition coefficient (Wildman–Crippen LogP) is 2.23. The fourth-order valence-corrected chi connectivity index (χ4v) is 5.01. The number of aryl methyl sites for hydroxylation is 4. The molecule has 2 aromatic rings.